The zero-order valence-electron chi connectivity index (χ0n) is 4.73. The third-order valence-corrected chi connectivity index (χ3v) is 4.98. The first-order valence-electron chi connectivity index (χ1n) is 2.53. The van der Waals surface area contributed by atoms with Crippen molar-refractivity contribution in [3.63, 3.8) is 0 Å². The molecule has 0 atom stereocenters. The van der Waals surface area contributed by atoms with E-state index in [1.807, 2.05) is 18.2 Å². The van der Waals surface area contributed by atoms with Gasteiger partial charge in [0.15, 0.2) is 0 Å². The molecule has 9 heavy (non-hydrogen) atoms. The number of benzene rings is 1. The molecule has 0 aliphatic rings. The van der Waals surface area contributed by atoms with E-state index in [9.17, 15) is 0 Å². The summed E-state index contributed by atoms with van der Waals surface area (Å²) in [4.78, 5) is 0. The van der Waals surface area contributed by atoms with Gasteiger partial charge in [0.2, 0.25) is 0 Å². The van der Waals surface area contributed by atoms with Crippen molar-refractivity contribution >= 4 is 38.5 Å². The standard InChI is InChI=1S/C6H7AsS2/c8-7(9)6-4-2-1-3-5-6/h1-5,8-9H. The Morgan fingerprint density at radius 2 is 1.56 bits per heavy atom. The van der Waals surface area contributed by atoms with Crippen LogP contribution in [-0.4, -0.2) is 12.3 Å². The molecule has 0 heterocycles. The Kier molecular flexibility index (Phi) is 3.03. The molecule has 0 amide bonds. The molecule has 3 heteroatoms. The third-order valence-electron chi connectivity index (χ3n) is 0.987. The van der Waals surface area contributed by atoms with E-state index in [0.717, 1.165) is 0 Å². The quantitative estimate of drug-likeness (QED) is 0.514. The Bertz CT molecular complexity index is 174. The normalized spacial score (nSPS) is 10.1. The summed E-state index contributed by atoms with van der Waals surface area (Å²) in [7, 11) is 8.60. The van der Waals surface area contributed by atoms with E-state index in [4.69, 9.17) is 0 Å². The van der Waals surface area contributed by atoms with Crippen LogP contribution in [0.3, 0.4) is 0 Å². The molecule has 0 spiro atoms. The van der Waals surface area contributed by atoms with E-state index in [1.54, 1.807) is 0 Å². The number of rotatable bonds is 1. The van der Waals surface area contributed by atoms with E-state index in [-0.39, 0.29) is 0 Å². The van der Waals surface area contributed by atoms with Gasteiger partial charge in [-0.15, -0.1) is 0 Å². The second-order valence-electron chi connectivity index (χ2n) is 1.62. The van der Waals surface area contributed by atoms with Crippen molar-refractivity contribution in [3.8, 4) is 0 Å². The molecule has 0 saturated heterocycles. The Morgan fingerprint density at radius 3 is 1.89 bits per heavy atom. The first kappa shape index (κ1) is 7.58. The summed E-state index contributed by atoms with van der Waals surface area (Å²) in [6.07, 6.45) is 0. The van der Waals surface area contributed by atoms with Crippen molar-refractivity contribution in [1.29, 1.82) is 0 Å². The second-order valence-corrected chi connectivity index (χ2v) is 9.72. The predicted molar refractivity (Wildman–Crippen MR) is 49.8 cm³/mol. The molecule has 0 radical (unpaired) electrons. The fraction of sp³-hybridized carbons (Fsp3) is 0. The zero-order chi connectivity index (χ0) is 6.69. The van der Waals surface area contributed by atoms with Crippen molar-refractivity contribution in [2.45, 2.75) is 0 Å². The van der Waals surface area contributed by atoms with E-state index in [1.165, 1.54) is 4.35 Å². The summed E-state index contributed by atoms with van der Waals surface area (Å²) in [6.45, 7) is 0. The van der Waals surface area contributed by atoms with Gasteiger partial charge in [-0.3, -0.25) is 0 Å². The van der Waals surface area contributed by atoms with Crippen molar-refractivity contribution in [2.75, 3.05) is 0 Å². The topological polar surface area (TPSA) is 0 Å². The Morgan fingerprint density at radius 1 is 1.00 bits per heavy atom. The fourth-order valence-corrected chi connectivity index (χ4v) is 2.87. The van der Waals surface area contributed by atoms with E-state index in [2.05, 4.69) is 33.9 Å². The maximum atomic E-state index is 4.30. The van der Waals surface area contributed by atoms with E-state index < -0.39 is 12.3 Å². The van der Waals surface area contributed by atoms with Gasteiger partial charge < -0.3 is 0 Å². The fourth-order valence-electron chi connectivity index (χ4n) is 0.561. The van der Waals surface area contributed by atoms with Crippen LogP contribution in [0.1, 0.15) is 0 Å². The van der Waals surface area contributed by atoms with Crippen molar-refractivity contribution in [2.24, 2.45) is 0 Å². The Balaban J connectivity index is 2.85. The maximum absolute atomic E-state index is 4.30. The van der Waals surface area contributed by atoms with Crippen LogP contribution in [0.25, 0.3) is 0 Å². The molecular weight excluding hydrogens is 211 g/mol. The molecular formula is C6H7AsS2. The molecule has 1 aromatic carbocycles. The monoisotopic (exact) mass is 218 g/mol. The van der Waals surface area contributed by atoms with Gasteiger partial charge in [0.05, 0.1) is 0 Å². The third kappa shape index (κ3) is 2.29. The van der Waals surface area contributed by atoms with Crippen molar-refractivity contribution < 1.29 is 0 Å². The van der Waals surface area contributed by atoms with Crippen LogP contribution in [0.2, 0.25) is 0 Å². The van der Waals surface area contributed by atoms with Crippen molar-refractivity contribution in [3.05, 3.63) is 30.3 Å². The van der Waals surface area contributed by atoms with Gasteiger partial charge in [-0.25, -0.2) is 0 Å². The minimum atomic E-state index is -1.20. The molecule has 0 fully saturated rings. The summed E-state index contributed by atoms with van der Waals surface area (Å²) in [5.74, 6) is 0. The zero-order valence-corrected chi connectivity index (χ0v) is 8.39. The van der Waals surface area contributed by atoms with Gasteiger partial charge in [0, 0.05) is 0 Å². The molecule has 0 saturated carbocycles. The average molecular weight is 218 g/mol. The molecule has 0 aliphatic carbocycles. The summed E-state index contributed by atoms with van der Waals surface area (Å²) in [6, 6.07) is 10.2. The number of hydrogen-bond acceptors (Lipinski definition) is 2. The van der Waals surface area contributed by atoms with Gasteiger partial charge in [-0.05, 0) is 0 Å². The molecule has 0 aromatic heterocycles. The van der Waals surface area contributed by atoms with Crippen LogP contribution < -0.4 is 4.35 Å². The summed E-state index contributed by atoms with van der Waals surface area (Å²) in [5.41, 5.74) is 0. The molecule has 1 aromatic rings. The Labute approximate surface area is 68.7 Å². The summed E-state index contributed by atoms with van der Waals surface area (Å²) in [5, 5.41) is 0. The van der Waals surface area contributed by atoms with Crippen LogP contribution in [0.5, 0.6) is 0 Å². The van der Waals surface area contributed by atoms with Gasteiger partial charge in [-0.2, -0.15) is 0 Å². The van der Waals surface area contributed by atoms with Crippen LogP contribution in [-0.2, 0) is 0 Å². The van der Waals surface area contributed by atoms with Crippen LogP contribution in [0.15, 0.2) is 30.3 Å². The summed E-state index contributed by atoms with van der Waals surface area (Å²) >= 11 is -1.20. The van der Waals surface area contributed by atoms with Crippen LogP contribution >= 0.6 is 21.8 Å². The van der Waals surface area contributed by atoms with Gasteiger partial charge in [0.1, 0.15) is 0 Å². The average Bonchev–Trinajstić information content (AvgIpc) is 1.90. The summed E-state index contributed by atoms with van der Waals surface area (Å²) < 4.78 is 1.29. The molecule has 1 rings (SSSR count). The van der Waals surface area contributed by atoms with Crippen LogP contribution in [0.4, 0.5) is 0 Å². The second kappa shape index (κ2) is 3.60. The van der Waals surface area contributed by atoms with Gasteiger partial charge >= 0.3 is 68.8 Å². The van der Waals surface area contributed by atoms with E-state index in [0.29, 0.717) is 0 Å². The van der Waals surface area contributed by atoms with E-state index >= 15 is 0 Å². The molecule has 0 aliphatic heterocycles. The SMILES string of the molecule is S[As](S)c1ccccc1. The minimum absolute atomic E-state index is 1.20. The first-order chi connectivity index (χ1) is 4.30. The predicted octanol–water partition coefficient (Wildman–Crippen LogP) is 1.24. The molecule has 0 unspecified atom stereocenters. The van der Waals surface area contributed by atoms with Crippen molar-refractivity contribution in [1.82, 2.24) is 0 Å². The number of hydrogen-bond donors (Lipinski definition) is 2. The Hall–Kier alpha value is 0.478. The van der Waals surface area contributed by atoms with Gasteiger partial charge in [0.25, 0.3) is 0 Å². The molecule has 48 valence electrons. The first-order valence-corrected chi connectivity index (χ1v) is 9.31. The van der Waals surface area contributed by atoms with Crippen LogP contribution in [0, 0.1) is 0 Å². The van der Waals surface area contributed by atoms with Gasteiger partial charge in [-0.1, -0.05) is 0 Å². The molecule has 0 nitrogen and oxygen atoms in total. The molecule has 0 N–H and O–H groups in total. The molecule has 0 bridgehead atoms. The number of thiol groups is 2.